The summed E-state index contributed by atoms with van der Waals surface area (Å²) in [5.41, 5.74) is 2.49. The summed E-state index contributed by atoms with van der Waals surface area (Å²) in [7, 11) is 0. The standard InChI is InChI=1S/C15H19N3O2/c1-12-2-3-13(11-16)14(10-12)17-5-4-15(19)18-6-8-20-9-7-18/h2-3,10,17H,4-9H2,1H3. The van der Waals surface area contributed by atoms with Crippen LogP contribution in [0.15, 0.2) is 18.2 Å². The number of hydrogen-bond donors (Lipinski definition) is 1. The van der Waals surface area contributed by atoms with Gasteiger partial charge in [0.2, 0.25) is 5.91 Å². The number of hydrogen-bond acceptors (Lipinski definition) is 4. The van der Waals surface area contributed by atoms with Gasteiger partial charge < -0.3 is 15.0 Å². The van der Waals surface area contributed by atoms with Gasteiger partial charge >= 0.3 is 0 Å². The molecule has 0 bridgehead atoms. The fraction of sp³-hybridized carbons (Fsp3) is 0.467. The Bertz CT molecular complexity index is 516. The van der Waals surface area contributed by atoms with Crippen molar-refractivity contribution in [3.05, 3.63) is 29.3 Å². The van der Waals surface area contributed by atoms with Crippen molar-refractivity contribution in [1.82, 2.24) is 4.90 Å². The fourth-order valence-corrected chi connectivity index (χ4v) is 2.18. The molecule has 0 radical (unpaired) electrons. The first-order chi connectivity index (χ1) is 9.70. The molecule has 20 heavy (non-hydrogen) atoms. The third-order valence-corrected chi connectivity index (χ3v) is 3.31. The van der Waals surface area contributed by atoms with Gasteiger partial charge in [0.15, 0.2) is 0 Å². The molecule has 0 atom stereocenters. The van der Waals surface area contributed by atoms with Crippen LogP contribution in [0.3, 0.4) is 0 Å². The van der Waals surface area contributed by atoms with E-state index in [-0.39, 0.29) is 5.91 Å². The fourth-order valence-electron chi connectivity index (χ4n) is 2.18. The van der Waals surface area contributed by atoms with Crippen molar-refractivity contribution in [1.29, 1.82) is 5.26 Å². The van der Waals surface area contributed by atoms with Crippen LogP contribution in [-0.2, 0) is 9.53 Å². The number of nitriles is 1. The average molecular weight is 273 g/mol. The minimum atomic E-state index is 0.131. The number of morpholine rings is 1. The monoisotopic (exact) mass is 273 g/mol. The number of anilines is 1. The summed E-state index contributed by atoms with van der Waals surface area (Å²) in [5.74, 6) is 0.131. The molecule has 1 heterocycles. The predicted octanol–water partition coefficient (Wildman–Crippen LogP) is 1.53. The SMILES string of the molecule is Cc1ccc(C#N)c(NCCC(=O)N2CCOCC2)c1. The Hall–Kier alpha value is -2.06. The Morgan fingerprint density at radius 1 is 1.45 bits per heavy atom. The summed E-state index contributed by atoms with van der Waals surface area (Å²) >= 11 is 0. The molecule has 2 rings (SSSR count). The van der Waals surface area contributed by atoms with Crippen molar-refractivity contribution in [2.75, 3.05) is 38.2 Å². The summed E-state index contributed by atoms with van der Waals surface area (Å²) in [6.07, 6.45) is 0.429. The maximum Gasteiger partial charge on any atom is 0.224 e. The highest BCUT2D eigenvalue weighted by Crippen LogP contribution is 2.16. The molecule has 1 aliphatic heterocycles. The molecule has 1 aromatic rings. The van der Waals surface area contributed by atoms with Gasteiger partial charge in [-0.15, -0.1) is 0 Å². The summed E-state index contributed by atoms with van der Waals surface area (Å²) in [4.78, 5) is 13.8. The normalized spacial score (nSPS) is 14.7. The van der Waals surface area contributed by atoms with Crippen LogP contribution in [0.1, 0.15) is 17.5 Å². The first-order valence-corrected chi connectivity index (χ1v) is 6.81. The van der Waals surface area contributed by atoms with Crippen molar-refractivity contribution >= 4 is 11.6 Å². The van der Waals surface area contributed by atoms with E-state index in [1.54, 1.807) is 6.07 Å². The molecule has 1 saturated heterocycles. The Kier molecular flexibility index (Phi) is 4.97. The summed E-state index contributed by atoms with van der Waals surface area (Å²) in [6, 6.07) is 7.78. The van der Waals surface area contributed by atoms with Gasteiger partial charge in [-0.1, -0.05) is 6.07 Å². The first kappa shape index (κ1) is 14.4. The summed E-state index contributed by atoms with van der Waals surface area (Å²) < 4.78 is 5.22. The number of ether oxygens (including phenoxy) is 1. The van der Waals surface area contributed by atoms with E-state index < -0.39 is 0 Å². The second-order valence-corrected chi connectivity index (χ2v) is 4.83. The molecule has 0 aromatic heterocycles. The lowest BCUT2D eigenvalue weighted by Crippen LogP contribution is -2.41. The molecule has 1 amide bonds. The van der Waals surface area contributed by atoms with Gasteiger partial charge in [0.25, 0.3) is 0 Å². The highest BCUT2D eigenvalue weighted by Gasteiger charge is 2.16. The lowest BCUT2D eigenvalue weighted by Gasteiger charge is -2.27. The van der Waals surface area contributed by atoms with Gasteiger partial charge in [0.1, 0.15) is 6.07 Å². The number of nitrogens with one attached hydrogen (secondary N) is 1. The molecule has 0 saturated carbocycles. The number of benzene rings is 1. The molecule has 0 spiro atoms. The lowest BCUT2D eigenvalue weighted by atomic mass is 10.1. The maximum absolute atomic E-state index is 12.0. The molecule has 5 heteroatoms. The van der Waals surface area contributed by atoms with Crippen molar-refractivity contribution in [2.24, 2.45) is 0 Å². The Balaban J connectivity index is 1.85. The zero-order valence-electron chi connectivity index (χ0n) is 11.7. The smallest absolute Gasteiger partial charge is 0.224 e. The topological polar surface area (TPSA) is 65.4 Å². The summed E-state index contributed by atoms with van der Waals surface area (Å²) in [5, 5.41) is 12.2. The van der Waals surface area contributed by atoms with Crippen LogP contribution in [0.25, 0.3) is 0 Å². The Morgan fingerprint density at radius 3 is 2.90 bits per heavy atom. The van der Waals surface area contributed by atoms with E-state index in [0.717, 1.165) is 11.3 Å². The predicted molar refractivity (Wildman–Crippen MR) is 76.4 cm³/mol. The zero-order chi connectivity index (χ0) is 14.4. The Labute approximate surface area is 119 Å². The molecule has 5 nitrogen and oxygen atoms in total. The first-order valence-electron chi connectivity index (χ1n) is 6.81. The van der Waals surface area contributed by atoms with Gasteiger partial charge in [-0.2, -0.15) is 5.26 Å². The van der Waals surface area contributed by atoms with Crippen molar-refractivity contribution in [3.8, 4) is 6.07 Å². The summed E-state index contributed by atoms with van der Waals surface area (Å²) in [6.45, 7) is 5.10. The molecule has 106 valence electrons. The Morgan fingerprint density at radius 2 is 2.20 bits per heavy atom. The number of carbonyl (C=O) groups is 1. The third kappa shape index (κ3) is 3.72. The van der Waals surface area contributed by atoms with E-state index in [9.17, 15) is 4.79 Å². The average Bonchev–Trinajstić information content (AvgIpc) is 2.48. The van der Waals surface area contributed by atoms with Crippen molar-refractivity contribution in [2.45, 2.75) is 13.3 Å². The molecule has 1 fully saturated rings. The van der Waals surface area contributed by atoms with Crippen LogP contribution in [0.4, 0.5) is 5.69 Å². The van der Waals surface area contributed by atoms with Crippen LogP contribution >= 0.6 is 0 Å². The van der Waals surface area contributed by atoms with Gasteiger partial charge in [0.05, 0.1) is 24.5 Å². The minimum absolute atomic E-state index is 0.131. The molecular formula is C15H19N3O2. The van der Waals surface area contributed by atoms with Crippen LogP contribution in [0.2, 0.25) is 0 Å². The van der Waals surface area contributed by atoms with E-state index in [4.69, 9.17) is 10.00 Å². The van der Waals surface area contributed by atoms with Crippen LogP contribution < -0.4 is 5.32 Å². The van der Waals surface area contributed by atoms with Crippen molar-refractivity contribution < 1.29 is 9.53 Å². The third-order valence-electron chi connectivity index (χ3n) is 3.31. The molecule has 0 aliphatic carbocycles. The van der Waals surface area contributed by atoms with Gasteiger partial charge in [-0.3, -0.25) is 4.79 Å². The number of carbonyl (C=O) groups excluding carboxylic acids is 1. The van der Waals surface area contributed by atoms with E-state index >= 15 is 0 Å². The van der Waals surface area contributed by atoms with Crippen LogP contribution in [0, 0.1) is 18.3 Å². The number of amides is 1. The number of aryl methyl sites for hydroxylation is 1. The quantitative estimate of drug-likeness (QED) is 0.903. The maximum atomic E-state index is 12.0. The molecule has 1 aromatic carbocycles. The second-order valence-electron chi connectivity index (χ2n) is 4.83. The van der Waals surface area contributed by atoms with Crippen molar-refractivity contribution in [3.63, 3.8) is 0 Å². The highest BCUT2D eigenvalue weighted by molar-refractivity contribution is 5.77. The van der Waals surface area contributed by atoms with Crippen LogP contribution in [0.5, 0.6) is 0 Å². The number of nitrogens with zero attached hydrogens (tertiary/aromatic N) is 2. The molecule has 1 aliphatic rings. The van der Waals surface area contributed by atoms with Gasteiger partial charge in [0, 0.05) is 26.1 Å². The molecular weight excluding hydrogens is 254 g/mol. The highest BCUT2D eigenvalue weighted by atomic mass is 16.5. The minimum Gasteiger partial charge on any atom is -0.383 e. The van der Waals surface area contributed by atoms with E-state index in [1.165, 1.54) is 0 Å². The number of rotatable bonds is 4. The van der Waals surface area contributed by atoms with E-state index in [2.05, 4.69) is 11.4 Å². The second kappa shape index (κ2) is 6.92. The zero-order valence-corrected chi connectivity index (χ0v) is 11.7. The molecule has 0 unspecified atom stereocenters. The molecule has 1 N–H and O–H groups in total. The van der Waals surface area contributed by atoms with E-state index in [1.807, 2.05) is 24.0 Å². The van der Waals surface area contributed by atoms with Gasteiger partial charge in [-0.25, -0.2) is 0 Å². The largest absolute Gasteiger partial charge is 0.383 e. The van der Waals surface area contributed by atoms with Crippen LogP contribution in [-0.4, -0.2) is 43.7 Å². The van der Waals surface area contributed by atoms with Gasteiger partial charge in [-0.05, 0) is 24.6 Å². The van der Waals surface area contributed by atoms with E-state index in [0.29, 0.717) is 44.8 Å². The lowest BCUT2D eigenvalue weighted by molar-refractivity contribution is -0.134.